The fraction of sp³-hybridized carbons (Fsp3) is 0.296. The summed E-state index contributed by atoms with van der Waals surface area (Å²) in [6, 6.07) is 27.4. The molecule has 0 saturated heterocycles. The highest BCUT2D eigenvalue weighted by atomic mass is 31.2. The van der Waals surface area contributed by atoms with Crippen LogP contribution in [0.3, 0.4) is 0 Å². The van der Waals surface area contributed by atoms with Gasteiger partial charge in [0.1, 0.15) is 6.61 Å². The third-order valence-electron chi connectivity index (χ3n) is 5.69. The highest BCUT2D eigenvalue weighted by Gasteiger charge is 2.34. The van der Waals surface area contributed by atoms with Gasteiger partial charge in [-0.3, -0.25) is 9.36 Å². The molecule has 2 N–H and O–H groups in total. The van der Waals surface area contributed by atoms with Crippen LogP contribution in [-0.4, -0.2) is 29.4 Å². The number of nitrogens with one attached hydrogen (secondary N) is 1. The molecule has 0 bridgehead atoms. The van der Waals surface area contributed by atoms with Gasteiger partial charge in [-0.05, 0) is 42.1 Å². The molecule has 0 aliphatic heterocycles. The number of ether oxygens (including phenoxy) is 1. The van der Waals surface area contributed by atoms with Gasteiger partial charge in [-0.25, -0.2) is 0 Å². The molecule has 3 aromatic rings. The van der Waals surface area contributed by atoms with Crippen LogP contribution in [0.25, 0.3) is 11.1 Å². The second kappa shape index (κ2) is 11.9. The van der Waals surface area contributed by atoms with Gasteiger partial charge in [0, 0.05) is 6.16 Å². The van der Waals surface area contributed by atoms with Gasteiger partial charge in [-0.15, -0.1) is 0 Å². The van der Waals surface area contributed by atoms with Gasteiger partial charge in [0.2, 0.25) is 7.37 Å². The summed E-state index contributed by atoms with van der Waals surface area (Å²) in [5.41, 5.74) is 4.00. The molecular formula is C27H32NO4P. The van der Waals surface area contributed by atoms with E-state index in [4.69, 9.17) is 4.74 Å². The van der Waals surface area contributed by atoms with Crippen LogP contribution in [0.2, 0.25) is 0 Å². The lowest BCUT2D eigenvalue weighted by Gasteiger charge is -2.24. The van der Waals surface area contributed by atoms with Crippen molar-refractivity contribution in [2.24, 2.45) is 5.92 Å². The van der Waals surface area contributed by atoms with Gasteiger partial charge in [0.25, 0.3) is 0 Å². The topological polar surface area (TPSA) is 75.6 Å². The molecule has 0 spiro atoms. The van der Waals surface area contributed by atoms with Crippen LogP contribution in [0, 0.1) is 5.92 Å². The van der Waals surface area contributed by atoms with Crippen molar-refractivity contribution < 1.29 is 19.0 Å². The zero-order chi connectivity index (χ0) is 23.7. The minimum Gasteiger partial charge on any atom is -0.461 e. The molecule has 0 saturated carbocycles. The van der Waals surface area contributed by atoms with E-state index in [-0.39, 0.29) is 12.8 Å². The summed E-state index contributed by atoms with van der Waals surface area (Å²) < 4.78 is 18.6. The van der Waals surface area contributed by atoms with Crippen molar-refractivity contribution in [3.63, 3.8) is 0 Å². The average molecular weight is 466 g/mol. The van der Waals surface area contributed by atoms with Crippen LogP contribution in [0.5, 0.6) is 0 Å². The Labute approximate surface area is 196 Å². The number of hydrogen-bond acceptors (Lipinski definition) is 4. The lowest BCUT2D eigenvalue weighted by Crippen LogP contribution is -2.31. The molecule has 174 valence electrons. The highest BCUT2D eigenvalue weighted by Crippen LogP contribution is 2.47. The maximum Gasteiger partial charge on any atom is 0.310 e. The Morgan fingerprint density at radius 2 is 1.48 bits per heavy atom. The predicted octanol–water partition coefficient (Wildman–Crippen LogP) is 5.48. The Kier molecular flexibility index (Phi) is 9.02. The summed E-state index contributed by atoms with van der Waals surface area (Å²) in [7, 11) is -3.61. The molecule has 5 nitrogen and oxygen atoms in total. The fourth-order valence-electron chi connectivity index (χ4n) is 3.73. The summed E-state index contributed by atoms with van der Waals surface area (Å²) in [5, 5.41) is 3.01. The molecular weight excluding hydrogens is 433 g/mol. The van der Waals surface area contributed by atoms with Crippen molar-refractivity contribution in [2.75, 3.05) is 12.7 Å². The van der Waals surface area contributed by atoms with E-state index in [0.29, 0.717) is 13.0 Å². The fourth-order valence-corrected chi connectivity index (χ4v) is 5.42. The highest BCUT2D eigenvalue weighted by molar-refractivity contribution is 7.58. The van der Waals surface area contributed by atoms with Crippen LogP contribution in [0.15, 0.2) is 84.9 Å². The van der Waals surface area contributed by atoms with Crippen molar-refractivity contribution in [1.29, 1.82) is 0 Å². The molecule has 0 heterocycles. The lowest BCUT2D eigenvalue weighted by atomic mass is 9.98. The Balaban J connectivity index is 1.75. The normalized spacial score (nSPS) is 14.8. The first-order chi connectivity index (χ1) is 15.9. The van der Waals surface area contributed by atoms with Crippen molar-refractivity contribution in [3.05, 3.63) is 96.1 Å². The first-order valence-electron chi connectivity index (χ1n) is 11.3. The smallest absolute Gasteiger partial charge is 0.310 e. The van der Waals surface area contributed by atoms with Crippen LogP contribution >= 0.6 is 7.37 Å². The van der Waals surface area contributed by atoms with Crippen molar-refractivity contribution in [1.82, 2.24) is 5.32 Å². The molecule has 0 radical (unpaired) electrons. The van der Waals surface area contributed by atoms with Crippen LogP contribution in [0.4, 0.5) is 0 Å². The Morgan fingerprint density at radius 3 is 2.09 bits per heavy atom. The number of carbonyl (C=O) groups is 1. The molecule has 1 unspecified atom stereocenters. The summed E-state index contributed by atoms with van der Waals surface area (Å²) >= 11 is 0. The van der Waals surface area contributed by atoms with E-state index in [1.807, 2.05) is 91.9 Å². The summed E-state index contributed by atoms with van der Waals surface area (Å²) in [5.74, 6) is -1.76. The summed E-state index contributed by atoms with van der Waals surface area (Å²) in [6.07, 6.45) is 0.210. The molecule has 3 atom stereocenters. The molecule has 3 rings (SSSR count). The van der Waals surface area contributed by atoms with E-state index in [1.165, 1.54) is 0 Å². The molecule has 33 heavy (non-hydrogen) atoms. The largest absolute Gasteiger partial charge is 0.461 e. The van der Waals surface area contributed by atoms with E-state index >= 15 is 0 Å². The lowest BCUT2D eigenvalue weighted by molar-refractivity contribution is -0.149. The van der Waals surface area contributed by atoms with Crippen LogP contribution in [0.1, 0.15) is 25.0 Å². The van der Waals surface area contributed by atoms with Crippen molar-refractivity contribution in [2.45, 2.75) is 32.7 Å². The number of rotatable bonds is 11. The second-order valence-corrected chi connectivity index (χ2v) is 10.9. The summed E-state index contributed by atoms with van der Waals surface area (Å²) in [6.45, 7) is 4.29. The zero-order valence-electron chi connectivity index (χ0n) is 19.2. The second-order valence-electron chi connectivity index (χ2n) is 8.23. The monoisotopic (exact) mass is 465 g/mol. The third kappa shape index (κ3) is 7.40. The maximum atomic E-state index is 13.0. The molecule has 3 aromatic carbocycles. The van der Waals surface area contributed by atoms with E-state index in [1.54, 1.807) is 6.92 Å². The van der Waals surface area contributed by atoms with E-state index in [9.17, 15) is 14.3 Å². The predicted molar refractivity (Wildman–Crippen MR) is 133 cm³/mol. The van der Waals surface area contributed by atoms with Crippen LogP contribution < -0.4 is 5.32 Å². The van der Waals surface area contributed by atoms with Crippen molar-refractivity contribution in [3.8, 4) is 11.1 Å². The molecule has 0 amide bonds. The van der Waals surface area contributed by atoms with E-state index in [2.05, 4.69) is 5.32 Å². The summed E-state index contributed by atoms with van der Waals surface area (Å²) in [4.78, 5) is 23.7. The molecule has 0 aliphatic carbocycles. The van der Waals surface area contributed by atoms with E-state index < -0.39 is 25.0 Å². The quantitative estimate of drug-likeness (QED) is 0.290. The standard InChI is InChI=1S/C27H32NO4P/c1-3-28-21(2)33(30,31)20-26(27(29)32-19-23-10-6-4-7-11-23)18-22-14-16-25(17-15-22)24-12-8-5-9-13-24/h4-17,21,26,28H,3,18-20H2,1-2H3,(H,30,31)/t21-,26-/m1/s1. The minimum absolute atomic E-state index is 0.130. The third-order valence-corrected chi connectivity index (χ3v) is 8.04. The molecule has 6 heteroatoms. The molecule has 0 fully saturated rings. The Morgan fingerprint density at radius 1 is 0.909 bits per heavy atom. The van der Waals surface area contributed by atoms with Gasteiger partial charge in [0.05, 0.1) is 11.7 Å². The Hall–Kier alpha value is -2.72. The number of hydrogen-bond donors (Lipinski definition) is 2. The first kappa shape index (κ1) is 24.9. The van der Waals surface area contributed by atoms with Gasteiger partial charge >= 0.3 is 5.97 Å². The Bertz CT molecular complexity index is 1050. The van der Waals surface area contributed by atoms with Gasteiger partial charge in [-0.1, -0.05) is 91.9 Å². The molecule has 0 aromatic heterocycles. The number of esters is 1. The zero-order valence-corrected chi connectivity index (χ0v) is 20.1. The molecule has 0 aliphatic rings. The SMILES string of the molecule is CCN[C@@H](C)P(=O)(O)C[C@@H](Cc1ccc(-c2ccccc2)cc1)C(=O)OCc1ccccc1. The van der Waals surface area contributed by atoms with Gasteiger partial charge < -0.3 is 14.9 Å². The van der Waals surface area contributed by atoms with Crippen molar-refractivity contribution >= 4 is 13.3 Å². The number of carbonyl (C=O) groups excluding carboxylic acids is 1. The van der Waals surface area contributed by atoms with E-state index in [0.717, 1.165) is 22.3 Å². The maximum absolute atomic E-state index is 13.0. The van der Waals surface area contributed by atoms with Gasteiger partial charge in [-0.2, -0.15) is 0 Å². The van der Waals surface area contributed by atoms with Crippen LogP contribution in [-0.2, 0) is 27.1 Å². The average Bonchev–Trinajstić information content (AvgIpc) is 2.84. The minimum atomic E-state index is -3.61. The number of benzene rings is 3. The van der Waals surface area contributed by atoms with Gasteiger partial charge in [0.15, 0.2) is 0 Å². The first-order valence-corrected chi connectivity index (χ1v) is 13.2.